The second kappa shape index (κ2) is 10.5. The molecular weight excluding hydrogens is 460 g/mol. The number of anilines is 2. The van der Waals surface area contributed by atoms with Crippen molar-refractivity contribution in [3.63, 3.8) is 0 Å². The van der Waals surface area contributed by atoms with Gasteiger partial charge in [-0.25, -0.2) is 0 Å². The summed E-state index contributed by atoms with van der Waals surface area (Å²) in [6.07, 6.45) is 0.527. The molecule has 1 atom stereocenters. The molecule has 0 bridgehead atoms. The van der Waals surface area contributed by atoms with E-state index < -0.39 is 6.04 Å². The molecule has 0 spiro atoms. The highest BCUT2D eigenvalue weighted by atomic mass is 35.5. The monoisotopic (exact) mass is 488 g/mol. The molecule has 2 heterocycles. The highest BCUT2D eigenvalue weighted by molar-refractivity contribution is 6.30. The number of fused-ring (bicyclic) bond motifs is 1. The number of rotatable bonds is 6. The van der Waals surface area contributed by atoms with E-state index in [9.17, 15) is 9.59 Å². The molecule has 1 fully saturated rings. The number of carbonyl (C=O) groups is 2. The molecule has 7 heteroatoms. The minimum Gasteiger partial charge on any atom is -0.369 e. The molecule has 3 aromatic carbocycles. The molecule has 0 aliphatic carbocycles. The van der Waals surface area contributed by atoms with Crippen molar-refractivity contribution < 1.29 is 9.59 Å². The summed E-state index contributed by atoms with van der Waals surface area (Å²) in [5.74, 6) is -0.254. The van der Waals surface area contributed by atoms with Crippen molar-refractivity contribution in [2.24, 2.45) is 0 Å². The molecule has 1 N–H and O–H groups in total. The zero-order valence-corrected chi connectivity index (χ0v) is 20.3. The molecule has 3 aromatic rings. The number of hydrogen-bond acceptors (Lipinski definition) is 4. The summed E-state index contributed by atoms with van der Waals surface area (Å²) in [4.78, 5) is 32.9. The fraction of sp³-hybridized carbons (Fsp3) is 0.286. The predicted molar refractivity (Wildman–Crippen MR) is 140 cm³/mol. The molecule has 0 saturated carbocycles. The highest BCUT2D eigenvalue weighted by Crippen LogP contribution is 2.33. The maximum atomic E-state index is 13.3. The van der Waals surface area contributed by atoms with Gasteiger partial charge in [0.2, 0.25) is 5.91 Å². The van der Waals surface area contributed by atoms with Gasteiger partial charge in [0, 0.05) is 67.7 Å². The molecule has 0 aromatic heterocycles. The molecule has 6 nitrogen and oxygen atoms in total. The van der Waals surface area contributed by atoms with Crippen LogP contribution in [0.5, 0.6) is 0 Å². The Morgan fingerprint density at radius 1 is 0.886 bits per heavy atom. The smallest absolute Gasteiger partial charge is 0.259 e. The fourth-order valence-corrected chi connectivity index (χ4v) is 5.11. The summed E-state index contributed by atoms with van der Waals surface area (Å²) < 4.78 is 0. The van der Waals surface area contributed by atoms with Gasteiger partial charge in [-0.1, -0.05) is 54.1 Å². The van der Waals surface area contributed by atoms with Gasteiger partial charge in [-0.15, -0.1) is 0 Å². The van der Waals surface area contributed by atoms with Crippen molar-refractivity contribution >= 4 is 34.8 Å². The third-order valence-electron chi connectivity index (χ3n) is 6.79. The lowest BCUT2D eigenvalue weighted by Gasteiger charge is -2.36. The molecule has 5 rings (SSSR count). The number of hydrogen-bond donors (Lipinski definition) is 1. The van der Waals surface area contributed by atoms with Gasteiger partial charge in [-0.05, 0) is 42.0 Å². The number of piperazine rings is 1. The zero-order chi connectivity index (χ0) is 24.2. The molecular formula is C28H29ClN4O2. The van der Waals surface area contributed by atoms with E-state index in [0.29, 0.717) is 18.5 Å². The van der Waals surface area contributed by atoms with Crippen molar-refractivity contribution in [1.29, 1.82) is 0 Å². The zero-order valence-electron chi connectivity index (χ0n) is 19.6. The number of nitrogens with one attached hydrogen (secondary N) is 1. The average Bonchev–Trinajstić information content (AvgIpc) is 3.29. The van der Waals surface area contributed by atoms with Crippen LogP contribution < -0.4 is 15.1 Å². The quantitative estimate of drug-likeness (QED) is 0.572. The highest BCUT2D eigenvalue weighted by Gasteiger charge is 2.38. The molecule has 0 radical (unpaired) electrons. The number of para-hydroxylation sites is 1. The first kappa shape index (κ1) is 23.4. The number of halogens is 1. The van der Waals surface area contributed by atoms with Crippen LogP contribution in [0.25, 0.3) is 0 Å². The largest absolute Gasteiger partial charge is 0.369 e. The first-order chi connectivity index (χ1) is 17.1. The standard InChI is InChI=1S/C28H29ClN4O2/c29-23-10-6-11-24(20-23)32-17-15-31(16-18-32)14-13-30-27(34)26-19-22-9-4-5-12-25(22)33(26)28(35)21-7-2-1-3-8-21/h1-12,20,26H,13-19H2,(H,30,34)/t26-/m0/s1. The van der Waals surface area contributed by atoms with E-state index in [0.717, 1.165) is 54.7 Å². The normalized spacial score (nSPS) is 17.8. The van der Waals surface area contributed by atoms with Crippen molar-refractivity contribution in [3.05, 3.63) is 95.0 Å². The van der Waals surface area contributed by atoms with Crippen LogP contribution in [0.2, 0.25) is 5.02 Å². The van der Waals surface area contributed by atoms with E-state index in [-0.39, 0.29) is 11.8 Å². The number of amides is 2. The summed E-state index contributed by atoms with van der Waals surface area (Å²) in [6.45, 7) is 5.03. The Kier molecular flexibility index (Phi) is 7.02. The van der Waals surface area contributed by atoms with Crippen molar-refractivity contribution in [1.82, 2.24) is 10.2 Å². The van der Waals surface area contributed by atoms with Gasteiger partial charge in [-0.3, -0.25) is 19.4 Å². The Hall–Kier alpha value is -3.35. The van der Waals surface area contributed by atoms with Gasteiger partial charge < -0.3 is 10.2 Å². The SMILES string of the molecule is O=C(NCCN1CCN(c2cccc(Cl)c2)CC1)[C@@H]1Cc2ccccc2N1C(=O)c1ccccc1. The van der Waals surface area contributed by atoms with Gasteiger partial charge in [0.15, 0.2) is 0 Å². The average molecular weight is 489 g/mol. The van der Waals surface area contributed by atoms with Crippen molar-refractivity contribution in [3.8, 4) is 0 Å². The van der Waals surface area contributed by atoms with E-state index in [2.05, 4.69) is 21.2 Å². The van der Waals surface area contributed by atoms with Crippen LogP contribution in [0, 0.1) is 0 Å². The lowest BCUT2D eigenvalue weighted by molar-refractivity contribution is -0.122. The second-order valence-electron chi connectivity index (χ2n) is 8.99. The number of carbonyl (C=O) groups excluding carboxylic acids is 2. The molecule has 35 heavy (non-hydrogen) atoms. The van der Waals surface area contributed by atoms with E-state index in [1.54, 1.807) is 17.0 Å². The van der Waals surface area contributed by atoms with Crippen molar-refractivity contribution in [2.45, 2.75) is 12.5 Å². The molecule has 180 valence electrons. The Balaban J connectivity index is 1.17. The minimum atomic E-state index is -0.542. The van der Waals surface area contributed by atoms with Crippen molar-refractivity contribution in [2.75, 3.05) is 49.1 Å². The third-order valence-corrected chi connectivity index (χ3v) is 7.03. The maximum absolute atomic E-state index is 13.3. The first-order valence-corrected chi connectivity index (χ1v) is 12.4. The third kappa shape index (κ3) is 5.19. The molecule has 2 aliphatic rings. The van der Waals surface area contributed by atoms with Crippen LogP contribution in [-0.4, -0.2) is 62.0 Å². The maximum Gasteiger partial charge on any atom is 0.259 e. The van der Waals surface area contributed by atoms with Gasteiger partial charge in [0.25, 0.3) is 5.91 Å². The minimum absolute atomic E-state index is 0.108. The number of nitrogens with zero attached hydrogens (tertiary/aromatic N) is 3. The van der Waals surface area contributed by atoms with Crippen LogP contribution in [-0.2, 0) is 11.2 Å². The van der Waals surface area contributed by atoms with Crippen LogP contribution in [0.15, 0.2) is 78.9 Å². The summed E-state index contributed by atoms with van der Waals surface area (Å²) in [5.41, 5.74) is 3.57. The van der Waals surface area contributed by atoms with E-state index >= 15 is 0 Å². The second-order valence-corrected chi connectivity index (χ2v) is 9.43. The number of benzene rings is 3. The topological polar surface area (TPSA) is 55.9 Å². The Morgan fingerprint density at radius 2 is 1.63 bits per heavy atom. The van der Waals surface area contributed by atoms with Crippen LogP contribution in [0.4, 0.5) is 11.4 Å². The molecule has 2 aliphatic heterocycles. The van der Waals surface area contributed by atoms with Crippen LogP contribution >= 0.6 is 11.6 Å². The predicted octanol–water partition coefficient (Wildman–Crippen LogP) is 3.85. The van der Waals surface area contributed by atoms with Gasteiger partial charge in [-0.2, -0.15) is 0 Å². The summed E-state index contributed by atoms with van der Waals surface area (Å²) in [7, 11) is 0. The lowest BCUT2D eigenvalue weighted by Crippen LogP contribution is -2.51. The Labute approximate surface area is 211 Å². The lowest BCUT2D eigenvalue weighted by atomic mass is 10.1. The van der Waals surface area contributed by atoms with Crippen LogP contribution in [0.1, 0.15) is 15.9 Å². The Bertz CT molecular complexity index is 1190. The summed E-state index contributed by atoms with van der Waals surface area (Å²) >= 11 is 6.14. The van der Waals surface area contributed by atoms with Gasteiger partial charge in [0.05, 0.1) is 0 Å². The van der Waals surface area contributed by atoms with E-state index in [1.807, 2.05) is 60.7 Å². The molecule has 0 unspecified atom stereocenters. The molecule has 2 amide bonds. The summed E-state index contributed by atoms with van der Waals surface area (Å²) in [5, 5.41) is 3.84. The van der Waals surface area contributed by atoms with E-state index in [1.165, 1.54) is 0 Å². The van der Waals surface area contributed by atoms with E-state index in [4.69, 9.17) is 11.6 Å². The first-order valence-electron chi connectivity index (χ1n) is 12.1. The Morgan fingerprint density at radius 3 is 2.40 bits per heavy atom. The van der Waals surface area contributed by atoms with Gasteiger partial charge in [0.1, 0.15) is 6.04 Å². The fourth-order valence-electron chi connectivity index (χ4n) is 4.92. The van der Waals surface area contributed by atoms with Crippen LogP contribution in [0.3, 0.4) is 0 Å². The van der Waals surface area contributed by atoms with Gasteiger partial charge >= 0.3 is 0 Å². The summed E-state index contributed by atoms with van der Waals surface area (Å²) in [6, 6.07) is 24.3. The molecule has 1 saturated heterocycles.